The molecule has 0 N–H and O–H groups in total. The highest BCUT2D eigenvalue weighted by Gasteiger charge is 2.38. The zero-order chi connectivity index (χ0) is 12.5. The Bertz CT molecular complexity index is 500. The Morgan fingerprint density at radius 2 is 2.17 bits per heavy atom. The lowest BCUT2D eigenvalue weighted by atomic mass is 10.1. The van der Waals surface area contributed by atoms with Crippen molar-refractivity contribution in [3.63, 3.8) is 0 Å². The number of hydrogen-bond acceptors (Lipinski definition) is 3. The summed E-state index contributed by atoms with van der Waals surface area (Å²) in [5.41, 5.74) is 1.14. The molecule has 2 aliphatic heterocycles. The van der Waals surface area contributed by atoms with Crippen molar-refractivity contribution in [2.45, 2.75) is 18.1 Å². The Morgan fingerprint density at radius 1 is 1.39 bits per heavy atom. The Labute approximate surface area is 115 Å². The summed E-state index contributed by atoms with van der Waals surface area (Å²) in [7, 11) is 0. The molecule has 3 rings (SSSR count). The van der Waals surface area contributed by atoms with E-state index in [1.165, 1.54) is 0 Å². The fraction of sp³-hybridized carbons (Fsp3) is 0.385. The molecule has 0 radical (unpaired) electrons. The Balaban J connectivity index is 1.74. The fourth-order valence-corrected chi connectivity index (χ4v) is 3.56. The van der Waals surface area contributed by atoms with Gasteiger partial charge in [0.25, 0.3) is 0 Å². The maximum atomic E-state index is 12.2. The minimum Gasteiger partial charge on any atom is -0.291 e. The third-order valence-electron chi connectivity index (χ3n) is 3.14. The van der Waals surface area contributed by atoms with Gasteiger partial charge in [0.05, 0.1) is 5.25 Å². The van der Waals surface area contributed by atoms with Gasteiger partial charge < -0.3 is 0 Å². The van der Waals surface area contributed by atoms with Crippen molar-refractivity contribution in [1.29, 1.82) is 0 Å². The minimum absolute atomic E-state index is 0.0250. The Kier molecular flexibility index (Phi) is 3.31. The number of carbonyl (C=O) groups is 1. The van der Waals surface area contributed by atoms with Crippen LogP contribution in [0.4, 0.5) is 0 Å². The molecule has 0 saturated carbocycles. The number of aliphatic imine (C=N–C) groups is 1. The highest BCUT2D eigenvalue weighted by atomic mass is 35.5. The van der Waals surface area contributed by atoms with Crippen molar-refractivity contribution in [2.75, 3.05) is 13.1 Å². The van der Waals surface area contributed by atoms with Crippen molar-refractivity contribution in [1.82, 2.24) is 4.90 Å². The molecule has 0 aromatic heterocycles. The van der Waals surface area contributed by atoms with Crippen LogP contribution in [0.1, 0.15) is 12.0 Å². The van der Waals surface area contributed by atoms with E-state index in [1.54, 1.807) is 11.8 Å². The second-order valence-corrected chi connectivity index (χ2v) is 6.05. The summed E-state index contributed by atoms with van der Waals surface area (Å²) < 4.78 is 0. The van der Waals surface area contributed by atoms with Crippen LogP contribution in [0.3, 0.4) is 0 Å². The molecule has 0 bridgehead atoms. The van der Waals surface area contributed by atoms with Crippen LogP contribution < -0.4 is 0 Å². The predicted molar refractivity (Wildman–Crippen MR) is 75.2 cm³/mol. The summed E-state index contributed by atoms with van der Waals surface area (Å²) in [6.07, 6.45) is 1.72. The number of benzene rings is 1. The molecule has 94 valence electrons. The molecule has 1 fully saturated rings. The highest BCUT2D eigenvalue weighted by Crippen LogP contribution is 2.31. The second-order valence-electron chi connectivity index (χ2n) is 4.44. The van der Waals surface area contributed by atoms with Crippen LogP contribution >= 0.6 is 23.4 Å². The van der Waals surface area contributed by atoms with Crippen LogP contribution in [0, 0.1) is 0 Å². The Hall–Kier alpha value is -1.00. The number of carbonyl (C=O) groups excluding carboxylic acids is 1. The molecule has 2 aliphatic rings. The first-order valence-corrected chi connectivity index (χ1v) is 7.27. The molecule has 1 atom stereocenters. The number of amidine groups is 1. The van der Waals surface area contributed by atoms with Crippen molar-refractivity contribution in [2.24, 2.45) is 4.99 Å². The van der Waals surface area contributed by atoms with Gasteiger partial charge >= 0.3 is 0 Å². The molecule has 3 nitrogen and oxygen atoms in total. The SMILES string of the molecule is O=C1C(Cc2ccc(Cl)cc2)SC2=NCCCN12. The van der Waals surface area contributed by atoms with Gasteiger partial charge in [0, 0.05) is 18.1 Å². The van der Waals surface area contributed by atoms with Crippen molar-refractivity contribution < 1.29 is 4.79 Å². The quantitative estimate of drug-likeness (QED) is 0.834. The first-order chi connectivity index (χ1) is 8.74. The number of hydrogen-bond donors (Lipinski definition) is 0. The molecule has 1 amide bonds. The molecule has 18 heavy (non-hydrogen) atoms. The second kappa shape index (κ2) is 4.94. The number of nitrogens with zero attached hydrogens (tertiary/aromatic N) is 2. The molecule has 5 heteroatoms. The van der Waals surface area contributed by atoms with Crippen molar-refractivity contribution in [3.8, 4) is 0 Å². The molecule has 1 saturated heterocycles. The van der Waals surface area contributed by atoms with Gasteiger partial charge in [-0.25, -0.2) is 0 Å². The van der Waals surface area contributed by atoms with E-state index >= 15 is 0 Å². The summed E-state index contributed by atoms with van der Waals surface area (Å²) in [6, 6.07) is 7.70. The van der Waals surface area contributed by atoms with E-state index in [-0.39, 0.29) is 11.2 Å². The van der Waals surface area contributed by atoms with E-state index in [1.807, 2.05) is 29.2 Å². The molecular weight excluding hydrogens is 268 g/mol. The van der Waals surface area contributed by atoms with Gasteiger partial charge in [-0.05, 0) is 30.5 Å². The smallest absolute Gasteiger partial charge is 0.242 e. The lowest BCUT2D eigenvalue weighted by molar-refractivity contribution is -0.126. The lowest BCUT2D eigenvalue weighted by Gasteiger charge is -2.19. The summed E-state index contributed by atoms with van der Waals surface area (Å²) in [5.74, 6) is 0.202. The maximum absolute atomic E-state index is 12.2. The van der Waals surface area contributed by atoms with Gasteiger partial charge in [-0.1, -0.05) is 35.5 Å². The number of fused-ring (bicyclic) bond motifs is 1. The number of rotatable bonds is 2. The fourth-order valence-electron chi connectivity index (χ4n) is 2.20. The van der Waals surface area contributed by atoms with Crippen molar-refractivity contribution >= 4 is 34.4 Å². The highest BCUT2D eigenvalue weighted by molar-refractivity contribution is 8.15. The minimum atomic E-state index is -0.0250. The molecule has 1 aromatic carbocycles. The van der Waals surface area contributed by atoms with Crippen LogP contribution in [-0.4, -0.2) is 34.3 Å². The first kappa shape index (κ1) is 12.1. The average molecular weight is 281 g/mol. The van der Waals surface area contributed by atoms with Gasteiger partial charge in [0.15, 0.2) is 5.17 Å². The number of halogens is 1. The standard InChI is InChI=1S/C13H13ClN2OS/c14-10-4-2-9(3-5-10)8-11-12(17)16-7-1-6-15-13(16)18-11/h2-5,11H,1,6-8H2. The molecule has 2 heterocycles. The van der Waals surface area contributed by atoms with Crippen LogP contribution in [0.2, 0.25) is 5.02 Å². The third-order valence-corrected chi connectivity index (χ3v) is 4.61. The molecule has 1 unspecified atom stereocenters. The third kappa shape index (κ3) is 2.27. The lowest BCUT2D eigenvalue weighted by Crippen LogP contribution is -2.36. The molecule has 1 aromatic rings. The normalized spacial score (nSPS) is 22.9. The summed E-state index contributed by atoms with van der Waals surface area (Å²) >= 11 is 7.45. The summed E-state index contributed by atoms with van der Waals surface area (Å²) in [4.78, 5) is 18.4. The number of thioether (sulfide) groups is 1. The monoisotopic (exact) mass is 280 g/mol. The molecule has 0 spiro atoms. The zero-order valence-corrected chi connectivity index (χ0v) is 11.4. The zero-order valence-electron chi connectivity index (χ0n) is 9.80. The number of amides is 1. The summed E-state index contributed by atoms with van der Waals surface area (Å²) in [6.45, 7) is 1.67. The van der Waals surface area contributed by atoms with Gasteiger partial charge in [-0.15, -0.1) is 0 Å². The van der Waals surface area contributed by atoms with Crippen LogP contribution in [0.25, 0.3) is 0 Å². The molecule has 0 aliphatic carbocycles. The average Bonchev–Trinajstić information content (AvgIpc) is 2.70. The van der Waals surface area contributed by atoms with Gasteiger partial charge in [0.1, 0.15) is 0 Å². The van der Waals surface area contributed by atoms with E-state index in [4.69, 9.17) is 11.6 Å². The molecular formula is C13H13ClN2OS. The maximum Gasteiger partial charge on any atom is 0.242 e. The predicted octanol–water partition coefficient (Wildman–Crippen LogP) is 2.59. The van der Waals surface area contributed by atoms with Gasteiger partial charge in [-0.2, -0.15) is 0 Å². The van der Waals surface area contributed by atoms with E-state index in [0.717, 1.165) is 41.7 Å². The topological polar surface area (TPSA) is 32.7 Å². The van der Waals surface area contributed by atoms with Crippen LogP contribution in [0.5, 0.6) is 0 Å². The first-order valence-electron chi connectivity index (χ1n) is 6.01. The van der Waals surface area contributed by atoms with Gasteiger partial charge in [-0.3, -0.25) is 14.7 Å². The van der Waals surface area contributed by atoms with Gasteiger partial charge in [0.2, 0.25) is 5.91 Å². The van der Waals surface area contributed by atoms with Crippen LogP contribution in [-0.2, 0) is 11.2 Å². The van der Waals surface area contributed by atoms with Crippen molar-refractivity contribution in [3.05, 3.63) is 34.9 Å². The van der Waals surface area contributed by atoms with Crippen LogP contribution in [0.15, 0.2) is 29.3 Å². The van der Waals surface area contributed by atoms with E-state index < -0.39 is 0 Å². The Morgan fingerprint density at radius 3 is 2.89 bits per heavy atom. The largest absolute Gasteiger partial charge is 0.291 e. The summed E-state index contributed by atoms with van der Waals surface area (Å²) in [5, 5.41) is 1.61. The van der Waals surface area contributed by atoms with E-state index in [9.17, 15) is 4.79 Å². The van der Waals surface area contributed by atoms with E-state index in [2.05, 4.69) is 4.99 Å². The van der Waals surface area contributed by atoms with E-state index in [0.29, 0.717) is 0 Å².